The van der Waals surface area contributed by atoms with Crippen LogP contribution in [0.2, 0.25) is 0 Å². The molecule has 1 rings (SSSR count). The summed E-state index contributed by atoms with van der Waals surface area (Å²) in [5, 5.41) is 0. The van der Waals surface area contributed by atoms with Gasteiger partial charge in [0.05, 0.1) is 0 Å². The van der Waals surface area contributed by atoms with Crippen molar-refractivity contribution in [3.63, 3.8) is 0 Å². The van der Waals surface area contributed by atoms with Crippen molar-refractivity contribution in [2.24, 2.45) is 11.7 Å². The zero-order valence-corrected chi connectivity index (χ0v) is 10.00. The predicted octanol–water partition coefficient (Wildman–Crippen LogP) is 2.23. The van der Waals surface area contributed by atoms with Gasteiger partial charge in [0.1, 0.15) is 0 Å². The van der Waals surface area contributed by atoms with Gasteiger partial charge in [-0.25, -0.2) is 0 Å². The molecule has 0 aromatic heterocycles. The predicted molar refractivity (Wildman–Crippen MR) is 62.3 cm³/mol. The van der Waals surface area contributed by atoms with Crippen molar-refractivity contribution < 1.29 is 0 Å². The Morgan fingerprint density at radius 1 is 1.36 bits per heavy atom. The minimum Gasteiger partial charge on any atom is -0.330 e. The van der Waals surface area contributed by atoms with Gasteiger partial charge in [-0.3, -0.25) is 0 Å². The molecule has 0 aliphatic heterocycles. The molecule has 0 radical (unpaired) electrons. The third-order valence-electron chi connectivity index (χ3n) is 3.98. The molecular weight excluding hydrogens is 172 g/mol. The van der Waals surface area contributed by atoms with E-state index >= 15 is 0 Å². The molecular formula is C12H26N2. The fourth-order valence-corrected chi connectivity index (χ4v) is 2.61. The van der Waals surface area contributed by atoms with E-state index in [4.69, 9.17) is 5.73 Å². The first-order valence-corrected chi connectivity index (χ1v) is 6.12. The topological polar surface area (TPSA) is 29.3 Å². The lowest BCUT2D eigenvalue weighted by molar-refractivity contribution is 0.0972. The molecule has 3 unspecified atom stereocenters. The first-order valence-electron chi connectivity index (χ1n) is 6.12. The highest BCUT2D eigenvalue weighted by Gasteiger charge is 2.28. The van der Waals surface area contributed by atoms with Crippen LogP contribution in [0.4, 0.5) is 0 Å². The van der Waals surface area contributed by atoms with Gasteiger partial charge in [0.25, 0.3) is 0 Å². The average Bonchev–Trinajstić information content (AvgIpc) is 2.26. The summed E-state index contributed by atoms with van der Waals surface area (Å²) in [4.78, 5) is 2.55. The molecule has 14 heavy (non-hydrogen) atoms. The van der Waals surface area contributed by atoms with E-state index in [9.17, 15) is 0 Å². The third-order valence-corrected chi connectivity index (χ3v) is 3.98. The highest BCUT2D eigenvalue weighted by atomic mass is 15.2. The van der Waals surface area contributed by atoms with Crippen LogP contribution in [0.15, 0.2) is 0 Å². The van der Waals surface area contributed by atoms with E-state index in [1.54, 1.807) is 0 Å². The second-order valence-corrected chi connectivity index (χ2v) is 4.77. The molecule has 0 saturated heterocycles. The van der Waals surface area contributed by atoms with Crippen LogP contribution < -0.4 is 5.73 Å². The Labute approximate surface area is 88.8 Å². The number of hydrogen-bond acceptors (Lipinski definition) is 2. The first-order chi connectivity index (χ1) is 6.70. The van der Waals surface area contributed by atoms with Gasteiger partial charge in [0, 0.05) is 12.1 Å². The summed E-state index contributed by atoms with van der Waals surface area (Å²) < 4.78 is 0. The molecule has 1 saturated carbocycles. The third kappa shape index (κ3) is 2.71. The molecule has 2 heteroatoms. The van der Waals surface area contributed by atoms with Crippen LogP contribution in [0.1, 0.15) is 46.0 Å². The van der Waals surface area contributed by atoms with E-state index in [2.05, 4.69) is 25.8 Å². The lowest BCUT2D eigenvalue weighted by atomic mass is 9.83. The van der Waals surface area contributed by atoms with Gasteiger partial charge in [-0.15, -0.1) is 0 Å². The SMILES string of the molecule is CCC(C)N(C)C1CCCCC1CN. The van der Waals surface area contributed by atoms with Crippen molar-refractivity contribution in [1.29, 1.82) is 0 Å². The molecule has 1 aliphatic rings. The molecule has 84 valence electrons. The number of rotatable bonds is 4. The lowest BCUT2D eigenvalue weighted by Gasteiger charge is -2.40. The zero-order valence-electron chi connectivity index (χ0n) is 10.00. The van der Waals surface area contributed by atoms with Crippen molar-refractivity contribution in [1.82, 2.24) is 4.90 Å². The van der Waals surface area contributed by atoms with Gasteiger partial charge in [-0.1, -0.05) is 19.8 Å². The number of hydrogen-bond donors (Lipinski definition) is 1. The Morgan fingerprint density at radius 3 is 2.57 bits per heavy atom. The Balaban J connectivity index is 2.53. The normalized spacial score (nSPS) is 30.6. The minimum absolute atomic E-state index is 0.701. The fraction of sp³-hybridized carbons (Fsp3) is 1.00. The van der Waals surface area contributed by atoms with Crippen LogP contribution in [-0.4, -0.2) is 30.6 Å². The molecule has 1 aliphatic carbocycles. The number of nitrogens with two attached hydrogens (primary N) is 1. The summed E-state index contributed by atoms with van der Waals surface area (Å²) in [6.07, 6.45) is 6.70. The standard InChI is InChI=1S/C12H26N2/c1-4-10(2)14(3)12-8-6-5-7-11(12)9-13/h10-12H,4-9,13H2,1-3H3. The van der Waals surface area contributed by atoms with Gasteiger partial charge >= 0.3 is 0 Å². The maximum atomic E-state index is 5.85. The molecule has 0 spiro atoms. The Bertz CT molecular complexity index is 158. The quantitative estimate of drug-likeness (QED) is 0.750. The van der Waals surface area contributed by atoms with Gasteiger partial charge in [0.2, 0.25) is 0 Å². The van der Waals surface area contributed by atoms with E-state index in [1.165, 1.54) is 32.1 Å². The lowest BCUT2D eigenvalue weighted by Crippen LogP contribution is -2.46. The number of nitrogens with zero attached hydrogens (tertiary/aromatic N) is 1. The zero-order chi connectivity index (χ0) is 10.6. The average molecular weight is 198 g/mol. The van der Waals surface area contributed by atoms with Crippen LogP contribution in [0.5, 0.6) is 0 Å². The van der Waals surface area contributed by atoms with Gasteiger partial charge in [-0.05, 0) is 45.7 Å². The summed E-state index contributed by atoms with van der Waals surface area (Å²) in [6.45, 7) is 5.45. The van der Waals surface area contributed by atoms with E-state index in [-0.39, 0.29) is 0 Å². The maximum Gasteiger partial charge on any atom is 0.0135 e. The molecule has 3 atom stereocenters. The largest absolute Gasteiger partial charge is 0.330 e. The highest BCUT2D eigenvalue weighted by Crippen LogP contribution is 2.28. The van der Waals surface area contributed by atoms with Gasteiger partial charge in [0.15, 0.2) is 0 Å². The Morgan fingerprint density at radius 2 is 2.00 bits per heavy atom. The van der Waals surface area contributed by atoms with E-state index in [1.807, 2.05) is 0 Å². The summed E-state index contributed by atoms with van der Waals surface area (Å²) in [5.41, 5.74) is 5.85. The van der Waals surface area contributed by atoms with Crippen molar-refractivity contribution in [2.45, 2.75) is 58.0 Å². The smallest absolute Gasteiger partial charge is 0.0135 e. The molecule has 0 aromatic carbocycles. The van der Waals surface area contributed by atoms with Crippen LogP contribution >= 0.6 is 0 Å². The van der Waals surface area contributed by atoms with Crippen molar-refractivity contribution >= 4 is 0 Å². The first kappa shape index (κ1) is 12.0. The molecule has 2 nitrogen and oxygen atoms in total. The second-order valence-electron chi connectivity index (χ2n) is 4.77. The van der Waals surface area contributed by atoms with Crippen LogP contribution in [0.3, 0.4) is 0 Å². The van der Waals surface area contributed by atoms with Crippen LogP contribution in [0, 0.1) is 5.92 Å². The van der Waals surface area contributed by atoms with E-state index < -0.39 is 0 Å². The summed E-state index contributed by atoms with van der Waals surface area (Å²) in [5.74, 6) is 0.739. The van der Waals surface area contributed by atoms with Crippen molar-refractivity contribution in [2.75, 3.05) is 13.6 Å². The van der Waals surface area contributed by atoms with Crippen molar-refractivity contribution in [3.8, 4) is 0 Å². The monoisotopic (exact) mass is 198 g/mol. The second kappa shape index (κ2) is 5.72. The molecule has 0 aromatic rings. The highest BCUT2D eigenvalue weighted by molar-refractivity contribution is 4.84. The Hall–Kier alpha value is -0.0800. The van der Waals surface area contributed by atoms with E-state index in [0.717, 1.165) is 18.5 Å². The fourth-order valence-electron chi connectivity index (χ4n) is 2.61. The Kier molecular flexibility index (Phi) is 4.90. The molecule has 2 N–H and O–H groups in total. The summed E-state index contributed by atoms with van der Waals surface area (Å²) in [6, 6.07) is 1.44. The van der Waals surface area contributed by atoms with Gasteiger partial charge in [-0.2, -0.15) is 0 Å². The van der Waals surface area contributed by atoms with Crippen LogP contribution in [0.25, 0.3) is 0 Å². The van der Waals surface area contributed by atoms with Crippen molar-refractivity contribution in [3.05, 3.63) is 0 Å². The summed E-state index contributed by atoms with van der Waals surface area (Å²) in [7, 11) is 2.27. The minimum atomic E-state index is 0.701. The van der Waals surface area contributed by atoms with E-state index in [0.29, 0.717) is 6.04 Å². The molecule has 0 bridgehead atoms. The molecule has 0 amide bonds. The molecule has 1 fully saturated rings. The van der Waals surface area contributed by atoms with Gasteiger partial charge < -0.3 is 10.6 Å². The molecule has 0 heterocycles. The maximum absolute atomic E-state index is 5.85. The summed E-state index contributed by atoms with van der Waals surface area (Å²) >= 11 is 0. The van der Waals surface area contributed by atoms with Crippen LogP contribution in [-0.2, 0) is 0 Å².